The molecule has 0 radical (unpaired) electrons. The standard InChI is InChI=1S/C15H18N2O4/c1-2-12-10-21-9-8-17(12)15(20)14-11(4-3-7-16-14)5-6-13(18)19/h3-7,12H,2,8-10H2,1H3,(H,18,19)/b6-5+. The number of carbonyl (C=O) groups excluding carboxylic acids is 1. The van der Waals surface area contributed by atoms with Crippen molar-refractivity contribution in [3.8, 4) is 0 Å². The summed E-state index contributed by atoms with van der Waals surface area (Å²) in [7, 11) is 0. The smallest absolute Gasteiger partial charge is 0.328 e. The lowest BCUT2D eigenvalue weighted by Gasteiger charge is -2.35. The van der Waals surface area contributed by atoms with E-state index in [0.29, 0.717) is 25.3 Å². The molecule has 0 aromatic carbocycles. The van der Waals surface area contributed by atoms with Crippen molar-refractivity contribution < 1.29 is 19.4 Å². The quantitative estimate of drug-likeness (QED) is 0.849. The fraction of sp³-hybridized carbons (Fsp3) is 0.400. The number of carbonyl (C=O) groups is 2. The number of hydrogen-bond donors (Lipinski definition) is 1. The van der Waals surface area contributed by atoms with Crippen LogP contribution < -0.4 is 0 Å². The minimum absolute atomic E-state index is 0.0320. The van der Waals surface area contributed by atoms with Crippen molar-refractivity contribution in [1.82, 2.24) is 9.88 Å². The Labute approximate surface area is 123 Å². The van der Waals surface area contributed by atoms with Crippen molar-refractivity contribution in [2.24, 2.45) is 0 Å². The number of carboxylic acids is 1. The highest BCUT2D eigenvalue weighted by Gasteiger charge is 2.28. The Kier molecular flexibility index (Phi) is 5.05. The van der Waals surface area contributed by atoms with Gasteiger partial charge in [-0.2, -0.15) is 0 Å². The topological polar surface area (TPSA) is 79.7 Å². The van der Waals surface area contributed by atoms with Crippen molar-refractivity contribution in [2.45, 2.75) is 19.4 Å². The number of amides is 1. The Balaban J connectivity index is 2.28. The molecular weight excluding hydrogens is 272 g/mol. The van der Waals surface area contributed by atoms with Gasteiger partial charge in [0.15, 0.2) is 0 Å². The van der Waals surface area contributed by atoms with Crippen molar-refractivity contribution in [3.63, 3.8) is 0 Å². The highest BCUT2D eigenvalue weighted by atomic mass is 16.5. The average Bonchev–Trinajstić information content (AvgIpc) is 2.52. The summed E-state index contributed by atoms with van der Waals surface area (Å²) in [5.74, 6) is -1.24. The normalized spacial score (nSPS) is 18.9. The van der Waals surface area contributed by atoms with Crippen LogP contribution in [0.4, 0.5) is 0 Å². The summed E-state index contributed by atoms with van der Waals surface area (Å²) in [5.41, 5.74) is 0.779. The molecule has 1 aromatic rings. The molecule has 2 heterocycles. The minimum Gasteiger partial charge on any atom is -0.478 e. The van der Waals surface area contributed by atoms with Crippen molar-refractivity contribution in [1.29, 1.82) is 0 Å². The molecule has 1 unspecified atom stereocenters. The number of nitrogens with zero attached hydrogens (tertiary/aromatic N) is 2. The molecule has 0 bridgehead atoms. The molecule has 112 valence electrons. The predicted octanol–water partition coefficient (Wildman–Crippen LogP) is 1.43. The summed E-state index contributed by atoms with van der Waals surface area (Å²) >= 11 is 0. The first-order valence-corrected chi connectivity index (χ1v) is 6.88. The Morgan fingerprint density at radius 1 is 1.57 bits per heavy atom. The molecule has 1 fully saturated rings. The van der Waals surface area contributed by atoms with Gasteiger partial charge < -0.3 is 14.7 Å². The largest absolute Gasteiger partial charge is 0.478 e. The molecule has 0 saturated carbocycles. The third-order valence-electron chi connectivity index (χ3n) is 3.41. The van der Waals surface area contributed by atoms with Crippen LogP contribution in [-0.4, -0.2) is 52.7 Å². The number of aromatic nitrogens is 1. The monoisotopic (exact) mass is 290 g/mol. The molecule has 1 N–H and O–H groups in total. The Bertz CT molecular complexity index is 556. The fourth-order valence-corrected chi connectivity index (χ4v) is 2.29. The molecule has 0 aliphatic carbocycles. The highest BCUT2D eigenvalue weighted by molar-refractivity contribution is 5.97. The number of ether oxygens (including phenoxy) is 1. The molecular formula is C15H18N2O4. The number of aliphatic carboxylic acids is 1. The van der Waals surface area contributed by atoms with Gasteiger partial charge in [-0.05, 0) is 18.6 Å². The van der Waals surface area contributed by atoms with Gasteiger partial charge in [0, 0.05) is 24.4 Å². The maximum absolute atomic E-state index is 12.7. The number of carboxylic acid groups (broad SMARTS) is 1. The Hall–Kier alpha value is -2.21. The van der Waals surface area contributed by atoms with E-state index < -0.39 is 5.97 Å². The van der Waals surface area contributed by atoms with Gasteiger partial charge in [0.25, 0.3) is 5.91 Å². The van der Waals surface area contributed by atoms with Crippen LogP contribution in [0.1, 0.15) is 29.4 Å². The zero-order valence-corrected chi connectivity index (χ0v) is 11.9. The van der Waals surface area contributed by atoms with Gasteiger partial charge in [-0.25, -0.2) is 4.79 Å². The zero-order chi connectivity index (χ0) is 15.2. The molecule has 0 spiro atoms. The first-order chi connectivity index (χ1) is 10.1. The second-order valence-electron chi connectivity index (χ2n) is 4.75. The van der Waals surface area contributed by atoms with Gasteiger partial charge in [0.1, 0.15) is 5.69 Å². The van der Waals surface area contributed by atoms with Crippen LogP contribution in [0.2, 0.25) is 0 Å². The van der Waals surface area contributed by atoms with Gasteiger partial charge in [0.2, 0.25) is 0 Å². The average molecular weight is 290 g/mol. The Morgan fingerprint density at radius 3 is 3.10 bits per heavy atom. The van der Waals surface area contributed by atoms with Crippen LogP contribution >= 0.6 is 0 Å². The maximum atomic E-state index is 12.7. The van der Waals surface area contributed by atoms with Gasteiger partial charge in [0.05, 0.1) is 19.3 Å². The van der Waals surface area contributed by atoms with E-state index in [1.165, 1.54) is 12.3 Å². The lowest BCUT2D eigenvalue weighted by Crippen LogP contribution is -2.48. The van der Waals surface area contributed by atoms with E-state index in [4.69, 9.17) is 9.84 Å². The molecule has 1 amide bonds. The Morgan fingerprint density at radius 2 is 2.38 bits per heavy atom. The van der Waals surface area contributed by atoms with Gasteiger partial charge >= 0.3 is 5.97 Å². The van der Waals surface area contributed by atoms with Gasteiger partial charge in [-0.1, -0.05) is 13.0 Å². The molecule has 1 atom stereocenters. The molecule has 2 rings (SSSR count). The number of hydrogen-bond acceptors (Lipinski definition) is 4. The fourth-order valence-electron chi connectivity index (χ4n) is 2.29. The molecule has 1 aliphatic rings. The second kappa shape index (κ2) is 6.99. The summed E-state index contributed by atoms with van der Waals surface area (Å²) in [4.78, 5) is 29.2. The minimum atomic E-state index is -1.06. The highest BCUT2D eigenvalue weighted by Crippen LogP contribution is 2.17. The third-order valence-corrected chi connectivity index (χ3v) is 3.41. The van der Waals surface area contributed by atoms with Gasteiger partial charge in [-0.15, -0.1) is 0 Å². The third kappa shape index (κ3) is 3.66. The summed E-state index contributed by atoms with van der Waals surface area (Å²) in [6.07, 6.45) is 4.74. The van der Waals surface area contributed by atoms with E-state index in [-0.39, 0.29) is 17.6 Å². The first-order valence-electron chi connectivity index (χ1n) is 6.88. The summed E-state index contributed by atoms with van der Waals surface area (Å²) in [6.45, 7) is 3.56. The van der Waals surface area contributed by atoms with E-state index in [0.717, 1.165) is 12.5 Å². The van der Waals surface area contributed by atoms with E-state index >= 15 is 0 Å². The molecule has 6 heteroatoms. The number of pyridine rings is 1. The van der Waals surface area contributed by atoms with Crippen LogP contribution in [0.15, 0.2) is 24.4 Å². The summed E-state index contributed by atoms with van der Waals surface area (Å²) in [5, 5.41) is 8.71. The van der Waals surface area contributed by atoms with E-state index in [1.807, 2.05) is 6.92 Å². The molecule has 1 aromatic heterocycles. The van der Waals surface area contributed by atoms with E-state index in [2.05, 4.69) is 4.98 Å². The summed E-state index contributed by atoms with van der Waals surface area (Å²) in [6, 6.07) is 3.39. The molecule has 6 nitrogen and oxygen atoms in total. The van der Waals surface area contributed by atoms with Crippen molar-refractivity contribution in [2.75, 3.05) is 19.8 Å². The summed E-state index contributed by atoms with van der Waals surface area (Å²) < 4.78 is 5.39. The maximum Gasteiger partial charge on any atom is 0.328 e. The van der Waals surface area contributed by atoms with E-state index in [9.17, 15) is 9.59 Å². The lowest BCUT2D eigenvalue weighted by atomic mass is 10.1. The zero-order valence-electron chi connectivity index (χ0n) is 11.9. The van der Waals surface area contributed by atoms with Crippen molar-refractivity contribution >= 4 is 18.0 Å². The molecule has 1 saturated heterocycles. The second-order valence-corrected chi connectivity index (χ2v) is 4.75. The predicted molar refractivity (Wildman–Crippen MR) is 76.8 cm³/mol. The van der Waals surface area contributed by atoms with Gasteiger partial charge in [-0.3, -0.25) is 9.78 Å². The van der Waals surface area contributed by atoms with Crippen LogP contribution in [0.3, 0.4) is 0 Å². The lowest BCUT2D eigenvalue weighted by molar-refractivity contribution is -0.131. The van der Waals surface area contributed by atoms with E-state index in [1.54, 1.807) is 17.0 Å². The SMILES string of the molecule is CCC1COCCN1C(=O)c1ncccc1/C=C/C(=O)O. The molecule has 1 aliphatic heterocycles. The van der Waals surface area contributed by atoms with Crippen LogP contribution in [0, 0.1) is 0 Å². The number of morpholine rings is 1. The molecule has 21 heavy (non-hydrogen) atoms. The first kappa shape index (κ1) is 15.2. The van der Waals surface area contributed by atoms with Crippen molar-refractivity contribution in [3.05, 3.63) is 35.7 Å². The number of rotatable bonds is 4. The van der Waals surface area contributed by atoms with Crippen LogP contribution in [0.5, 0.6) is 0 Å². The van der Waals surface area contributed by atoms with Crippen LogP contribution in [-0.2, 0) is 9.53 Å². The van der Waals surface area contributed by atoms with Crippen LogP contribution in [0.25, 0.3) is 6.08 Å².